The molecule has 2 unspecified atom stereocenters. The third-order valence-corrected chi connectivity index (χ3v) is 6.04. The van der Waals surface area contributed by atoms with Crippen LogP contribution in [0.25, 0.3) is 0 Å². The zero-order valence-corrected chi connectivity index (χ0v) is 19.3. The van der Waals surface area contributed by atoms with Crippen LogP contribution in [0.2, 0.25) is 5.02 Å². The third kappa shape index (κ3) is 4.09. The highest BCUT2D eigenvalue weighted by atomic mass is 35.5. The van der Waals surface area contributed by atoms with Gasteiger partial charge in [-0.25, -0.2) is 0 Å². The Morgan fingerprint density at radius 2 is 1.70 bits per heavy atom. The SMILES string of the molecule is CCOc1cc(OCC)c2c(c1)OC(c1ccc(Cl)cc1)(C(CC=O)c1ccccc1)C2=O. The van der Waals surface area contributed by atoms with E-state index < -0.39 is 11.5 Å². The maximum atomic E-state index is 14.3. The Balaban J connectivity index is 1.97. The molecule has 0 N–H and O–H groups in total. The highest BCUT2D eigenvalue weighted by Gasteiger charge is 2.56. The standard InChI is InChI=1S/C27H25ClO5/c1-3-31-21-16-23(32-4-2)25-24(17-21)33-27(26(25)30,19-10-12-20(28)13-11-19)22(14-15-29)18-8-6-5-7-9-18/h5-13,15-17,22H,3-4,14H2,1-2H3. The Morgan fingerprint density at radius 1 is 1.00 bits per heavy atom. The molecule has 3 aromatic carbocycles. The summed E-state index contributed by atoms with van der Waals surface area (Å²) in [5.41, 5.74) is 0.321. The molecule has 0 spiro atoms. The highest BCUT2D eigenvalue weighted by Crippen LogP contribution is 2.54. The van der Waals surface area contributed by atoms with Crippen molar-refractivity contribution >= 4 is 23.7 Å². The third-order valence-electron chi connectivity index (χ3n) is 5.78. The Labute approximate surface area is 198 Å². The van der Waals surface area contributed by atoms with Crippen molar-refractivity contribution in [1.82, 2.24) is 0 Å². The van der Waals surface area contributed by atoms with Gasteiger partial charge in [0.15, 0.2) is 0 Å². The molecule has 4 rings (SSSR count). The Morgan fingerprint density at radius 3 is 2.33 bits per heavy atom. The van der Waals surface area contributed by atoms with Gasteiger partial charge in [-0.15, -0.1) is 0 Å². The summed E-state index contributed by atoms with van der Waals surface area (Å²) >= 11 is 6.15. The number of carbonyl (C=O) groups is 2. The first kappa shape index (κ1) is 22.9. The van der Waals surface area contributed by atoms with Crippen LogP contribution < -0.4 is 14.2 Å². The van der Waals surface area contributed by atoms with Gasteiger partial charge >= 0.3 is 0 Å². The normalized spacial score (nSPS) is 17.7. The maximum Gasteiger partial charge on any atom is 0.219 e. The first-order valence-corrected chi connectivity index (χ1v) is 11.3. The number of carbonyl (C=O) groups excluding carboxylic acids is 2. The largest absolute Gasteiger partial charge is 0.494 e. The van der Waals surface area contributed by atoms with E-state index in [-0.39, 0.29) is 12.2 Å². The van der Waals surface area contributed by atoms with Gasteiger partial charge in [0.25, 0.3) is 0 Å². The zero-order chi connectivity index (χ0) is 23.4. The maximum absolute atomic E-state index is 14.3. The fourth-order valence-electron chi connectivity index (χ4n) is 4.43. The molecular weight excluding hydrogens is 440 g/mol. The topological polar surface area (TPSA) is 61.8 Å². The zero-order valence-electron chi connectivity index (χ0n) is 18.5. The van der Waals surface area contributed by atoms with E-state index in [2.05, 4.69) is 0 Å². The summed E-state index contributed by atoms with van der Waals surface area (Å²) in [6.45, 7) is 4.57. The molecule has 0 amide bonds. The van der Waals surface area contributed by atoms with Crippen molar-refractivity contribution in [1.29, 1.82) is 0 Å². The second-order valence-electron chi connectivity index (χ2n) is 7.70. The van der Waals surface area contributed by atoms with Crippen LogP contribution in [0.4, 0.5) is 0 Å². The minimum absolute atomic E-state index is 0.0919. The fourth-order valence-corrected chi connectivity index (χ4v) is 4.56. The number of ketones is 1. The van der Waals surface area contributed by atoms with Gasteiger partial charge in [0, 0.05) is 35.1 Å². The van der Waals surface area contributed by atoms with Gasteiger partial charge in [-0.2, -0.15) is 0 Å². The first-order valence-electron chi connectivity index (χ1n) is 11.0. The number of hydrogen-bond acceptors (Lipinski definition) is 5. The van der Waals surface area contributed by atoms with Crippen molar-refractivity contribution in [2.45, 2.75) is 31.8 Å². The average molecular weight is 465 g/mol. The Bertz CT molecular complexity index is 1140. The minimum Gasteiger partial charge on any atom is -0.494 e. The van der Waals surface area contributed by atoms with E-state index in [0.29, 0.717) is 46.6 Å². The number of rotatable bonds is 9. The fraction of sp³-hybridized carbons (Fsp3) is 0.259. The molecule has 1 aliphatic heterocycles. The number of benzene rings is 3. The van der Waals surface area contributed by atoms with E-state index in [1.807, 2.05) is 44.2 Å². The monoisotopic (exact) mass is 464 g/mol. The van der Waals surface area contributed by atoms with E-state index in [1.165, 1.54) is 0 Å². The molecule has 3 aromatic rings. The highest BCUT2D eigenvalue weighted by molar-refractivity contribution is 6.30. The second kappa shape index (κ2) is 9.67. The lowest BCUT2D eigenvalue weighted by atomic mass is 9.72. The van der Waals surface area contributed by atoms with Gasteiger partial charge in [-0.05, 0) is 31.5 Å². The summed E-state index contributed by atoms with van der Waals surface area (Å²) in [5.74, 6) is 0.490. The lowest BCUT2D eigenvalue weighted by molar-refractivity contribution is -0.109. The molecule has 0 bridgehead atoms. The number of halogens is 1. The van der Waals surface area contributed by atoms with Crippen molar-refractivity contribution in [3.8, 4) is 17.2 Å². The second-order valence-corrected chi connectivity index (χ2v) is 8.14. The molecule has 6 heteroatoms. The van der Waals surface area contributed by atoms with Crippen LogP contribution in [0.3, 0.4) is 0 Å². The average Bonchev–Trinajstić information content (AvgIpc) is 3.12. The Kier molecular flexibility index (Phi) is 6.70. The molecule has 0 aromatic heterocycles. The van der Waals surface area contributed by atoms with Crippen LogP contribution in [0.5, 0.6) is 17.2 Å². The van der Waals surface area contributed by atoms with Crippen molar-refractivity contribution in [3.63, 3.8) is 0 Å². The van der Waals surface area contributed by atoms with E-state index in [1.54, 1.807) is 36.4 Å². The smallest absolute Gasteiger partial charge is 0.219 e. The van der Waals surface area contributed by atoms with Crippen molar-refractivity contribution in [2.75, 3.05) is 13.2 Å². The van der Waals surface area contributed by atoms with Crippen molar-refractivity contribution in [3.05, 3.63) is 88.4 Å². The van der Waals surface area contributed by atoms with Crippen molar-refractivity contribution in [2.24, 2.45) is 0 Å². The molecule has 0 radical (unpaired) electrons. The summed E-state index contributed by atoms with van der Waals surface area (Å²) in [6.07, 6.45) is 0.915. The summed E-state index contributed by atoms with van der Waals surface area (Å²) in [6, 6.07) is 19.9. The summed E-state index contributed by atoms with van der Waals surface area (Å²) < 4.78 is 18.1. The number of aldehydes is 1. The minimum atomic E-state index is -1.47. The van der Waals surface area contributed by atoms with Crippen LogP contribution in [-0.2, 0) is 10.4 Å². The number of Topliss-reactive ketones (excluding diaryl/α,β-unsaturated/α-hetero) is 1. The van der Waals surface area contributed by atoms with Gasteiger partial charge < -0.3 is 19.0 Å². The van der Waals surface area contributed by atoms with Crippen LogP contribution in [-0.4, -0.2) is 25.3 Å². The molecule has 2 atom stereocenters. The molecule has 5 nitrogen and oxygen atoms in total. The van der Waals surface area contributed by atoms with E-state index in [9.17, 15) is 9.59 Å². The van der Waals surface area contributed by atoms with Crippen molar-refractivity contribution < 1.29 is 23.8 Å². The molecule has 1 heterocycles. The number of fused-ring (bicyclic) bond motifs is 1. The van der Waals surface area contributed by atoms with E-state index in [4.69, 9.17) is 25.8 Å². The molecule has 170 valence electrons. The van der Waals surface area contributed by atoms with Gasteiger partial charge in [-0.1, -0.05) is 54.1 Å². The molecule has 0 aliphatic carbocycles. The van der Waals surface area contributed by atoms with E-state index in [0.717, 1.165) is 11.8 Å². The van der Waals surface area contributed by atoms with Gasteiger partial charge in [0.2, 0.25) is 11.4 Å². The van der Waals surface area contributed by atoms with Crippen LogP contribution in [0, 0.1) is 0 Å². The van der Waals surface area contributed by atoms with Gasteiger partial charge in [0.05, 0.1) is 13.2 Å². The molecule has 0 saturated carbocycles. The Hall–Kier alpha value is -3.31. The van der Waals surface area contributed by atoms with Gasteiger partial charge in [-0.3, -0.25) is 4.79 Å². The molecular formula is C27H25ClO5. The van der Waals surface area contributed by atoms with Crippen LogP contribution >= 0.6 is 11.6 Å². The number of ether oxygens (including phenoxy) is 3. The van der Waals surface area contributed by atoms with Crippen LogP contribution in [0.15, 0.2) is 66.7 Å². The summed E-state index contributed by atoms with van der Waals surface area (Å²) in [7, 11) is 0. The lowest BCUT2D eigenvalue weighted by Gasteiger charge is -2.35. The van der Waals surface area contributed by atoms with Gasteiger partial charge in [0.1, 0.15) is 29.1 Å². The van der Waals surface area contributed by atoms with Crippen LogP contribution in [0.1, 0.15) is 47.7 Å². The predicted octanol–water partition coefficient (Wildman–Crippen LogP) is 5.98. The quantitative estimate of drug-likeness (QED) is 0.364. The predicted molar refractivity (Wildman–Crippen MR) is 127 cm³/mol. The molecule has 1 aliphatic rings. The first-order chi connectivity index (χ1) is 16.0. The van der Waals surface area contributed by atoms with E-state index >= 15 is 0 Å². The summed E-state index contributed by atoms with van der Waals surface area (Å²) in [4.78, 5) is 26.1. The lowest BCUT2D eigenvalue weighted by Crippen LogP contribution is -2.43. The molecule has 33 heavy (non-hydrogen) atoms. The molecule has 0 fully saturated rings. The number of hydrogen-bond donors (Lipinski definition) is 0. The molecule has 0 saturated heterocycles. The summed E-state index contributed by atoms with van der Waals surface area (Å²) in [5, 5.41) is 0.539.